The van der Waals surface area contributed by atoms with Crippen molar-refractivity contribution in [1.82, 2.24) is 0 Å². The summed E-state index contributed by atoms with van der Waals surface area (Å²) in [6.45, 7) is 0.248. The molecular formula is C11H12N2O6. The van der Waals surface area contributed by atoms with Gasteiger partial charge in [0.05, 0.1) is 24.0 Å². The largest absolute Gasteiger partial charge is 0.454 e. The maximum atomic E-state index is 11.6. The summed E-state index contributed by atoms with van der Waals surface area (Å²) in [7, 11) is 1.47. The van der Waals surface area contributed by atoms with Crippen LogP contribution in [0.2, 0.25) is 0 Å². The Kier molecular flexibility index (Phi) is 3.81. The lowest BCUT2D eigenvalue weighted by Gasteiger charge is -2.07. The molecule has 1 N–H and O–H groups in total. The first-order valence-electron chi connectivity index (χ1n) is 5.48. The highest BCUT2D eigenvalue weighted by molar-refractivity contribution is 5.93. The number of rotatable bonds is 5. The highest BCUT2D eigenvalue weighted by atomic mass is 16.7. The second-order valence-corrected chi connectivity index (χ2v) is 3.77. The molecule has 1 aliphatic heterocycles. The number of amides is 1. The number of nitro benzene ring substituents is 1. The fourth-order valence-corrected chi connectivity index (χ4v) is 1.59. The summed E-state index contributed by atoms with van der Waals surface area (Å²) in [6, 6.07) is 2.61. The van der Waals surface area contributed by atoms with Crippen LogP contribution in [0.15, 0.2) is 12.1 Å². The van der Waals surface area contributed by atoms with Crippen molar-refractivity contribution in [3.05, 3.63) is 22.2 Å². The van der Waals surface area contributed by atoms with Crippen molar-refractivity contribution in [2.75, 3.05) is 25.8 Å². The third kappa shape index (κ3) is 2.91. The van der Waals surface area contributed by atoms with Crippen molar-refractivity contribution < 1.29 is 23.9 Å². The zero-order chi connectivity index (χ0) is 13.8. The van der Waals surface area contributed by atoms with Crippen molar-refractivity contribution in [2.24, 2.45) is 0 Å². The van der Waals surface area contributed by atoms with Crippen LogP contribution in [0.25, 0.3) is 0 Å². The fraction of sp³-hybridized carbons (Fsp3) is 0.364. The van der Waals surface area contributed by atoms with E-state index < -0.39 is 4.92 Å². The lowest BCUT2D eigenvalue weighted by atomic mass is 10.2. The average Bonchev–Trinajstić information content (AvgIpc) is 2.82. The van der Waals surface area contributed by atoms with Crippen molar-refractivity contribution in [2.45, 2.75) is 6.42 Å². The Balaban J connectivity index is 2.23. The molecule has 8 heteroatoms. The quantitative estimate of drug-likeness (QED) is 0.638. The smallest absolute Gasteiger partial charge is 0.296 e. The Morgan fingerprint density at radius 1 is 1.47 bits per heavy atom. The minimum absolute atomic E-state index is 0.00750. The Labute approximate surface area is 108 Å². The Morgan fingerprint density at radius 2 is 2.16 bits per heavy atom. The molecule has 8 nitrogen and oxygen atoms in total. The molecular weight excluding hydrogens is 256 g/mol. The normalized spacial score (nSPS) is 12.3. The van der Waals surface area contributed by atoms with Gasteiger partial charge < -0.3 is 19.5 Å². The van der Waals surface area contributed by atoms with Crippen LogP contribution in [0.3, 0.4) is 0 Å². The standard InChI is InChI=1S/C11H12N2O6/c1-17-3-2-11(14)12-7-4-9-10(19-6-18-9)5-8(7)13(15)16/h4-5H,2-3,6H2,1H3,(H,12,14). The maximum absolute atomic E-state index is 11.6. The van der Waals surface area contributed by atoms with Crippen molar-refractivity contribution in [1.29, 1.82) is 0 Å². The Bertz CT molecular complexity index is 516. The molecule has 0 aromatic heterocycles. The second-order valence-electron chi connectivity index (χ2n) is 3.77. The molecule has 1 aromatic rings. The zero-order valence-electron chi connectivity index (χ0n) is 10.2. The topological polar surface area (TPSA) is 99.9 Å². The van der Waals surface area contributed by atoms with Crippen LogP contribution in [0, 0.1) is 10.1 Å². The molecule has 0 spiro atoms. The molecule has 0 aliphatic carbocycles. The summed E-state index contributed by atoms with van der Waals surface area (Å²) < 4.78 is 14.9. The van der Waals surface area contributed by atoms with Gasteiger partial charge in [-0.15, -0.1) is 0 Å². The van der Waals surface area contributed by atoms with Crippen LogP contribution in [0.5, 0.6) is 11.5 Å². The molecule has 0 fully saturated rings. The van der Waals surface area contributed by atoms with Crippen LogP contribution in [0.4, 0.5) is 11.4 Å². The highest BCUT2D eigenvalue weighted by Crippen LogP contribution is 2.40. The SMILES string of the molecule is COCCC(=O)Nc1cc2c(cc1[N+](=O)[O-])OCO2. The monoisotopic (exact) mass is 268 g/mol. The Hall–Kier alpha value is -2.35. The predicted molar refractivity (Wildman–Crippen MR) is 64.3 cm³/mol. The maximum Gasteiger partial charge on any atom is 0.296 e. The summed E-state index contributed by atoms with van der Waals surface area (Å²) in [5, 5.41) is 13.4. The minimum Gasteiger partial charge on any atom is -0.454 e. The lowest BCUT2D eigenvalue weighted by Crippen LogP contribution is -2.14. The molecule has 0 saturated carbocycles. The number of nitrogens with one attached hydrogen (secondary N) is 1. The van der Waals surface area contributed by atoms with Gasteiger partial charge in [-0.2, -0.15) is 0 Å². The van der Waals surface area contributed by atoms with Crippen LogP contribution >= 0.6 is 0 Å². The number of nitro groups is 1. The number of ether oxygens (including phenoxy) is 3. The third-order valence-electron chi connectivity index (χ3n) is 2.49. The van der Waals surface area contributed by atoms with Gasteiger partial charge >= 0.3 is 0 Å². The highest BCUT2D eigenvalue weighted by Gasteiger charge is 2.24. The molecule has 1 heterocycles. The molecule has 2 rings (SSSR count). The minimum atomic E-state index is -0.589. The molecule has 0 bridgehead atoms. The van der Waals surface area contributed by atoms with E-state index in [0.29, 0.717) is 11.5 Å². The molecule has 0 atom stereocenters. The number of carbonyl (C=O) groups excluding carboxylic acids is 1. The number of fused-ring (bicyclic) bond motifs is 1. The molecule has 0 unspecified atom stereocenters. The van der Waals surface area contributed by atoms with E-state index in [1.54, 1.807) is 0 Å². The molecule has 0 saturated heterocycles. The predicted octanol–water partition coefficient (Wildman–Crippen LogP) is 1.30. The second kappa shape index (κ2) is 5.53. The average molecular weight is 268 g/mol. The summed E-state index contributed by atoms with van der Waals surface area (Å²) >= 11 is 0. The van der Waals surface area contributed by atoms with Gasteiger partial charge in [-0.05, 0) is 0 Å². The van der Waals surface area contributed by atoms with Gasteiger partial charge in [-0.1, -0.05) is 0 Å². The summed E-state index contributed by atoms with van der Waals surface area (Å²) in [5.74, 6) is 0.290. The molecule has 102 valence electrons. The van der Waals surface area contributed by atoms with E-state index in [1.807, 2.05) is 0 Å². The van der Waals surface area contributed by atoms with E-state index in [4.69, 9.17) is 14.2 Å². The first-order valence-corrected chi connectivity index (χ1v) is 5.48. The molecule has 1 aliphatic rings. The van der Waals surface area contributed by atoms with E-state index in [0.717, 1.165) is 0 Å². The van der Waals surface area contributed by atoms with E-state index in [9.17, 15) is 14.9 Å². The summed E-state index contributed by atoms with van der Waals surface area (Å²) in [6.07, 6.45) is 0.113. The summed E-state index contributed by atoms with van der Waals surface area (Å²) in [4.78, 5) is 21.9. The molecule has 1 aromatic carbocycles. The number of hydrogen-bond donors (Lipinski definition) is 1. The van der Waals surface area contributed by atoms with Crippen molar-refractivity contribution >= 4 is 17.3 Å². The van der Waals surface area contributed by atoms with Crippen LogP contribution < -0.4 is 14.8 Å². The van der Waals surface area contributed by atoms with E-state index in [2.05, 4.69) is 5.32 Å². The van der Waals surface area contributed by atoms with E-state index in [-0.39, 0.29) is 37.1 Å². The van der Waals surface area contributed by atoms with Crippen LogP contribution in [0.1, 0.15) is 6.42 Å². The van der Waals surface area contributed by atoms with Crippen LogP contribution in [-0.4, -0.2) is 31.3 Å². The van der Waals surface area contributed by atoms with Gasteiger partial charge in [-0.3, -0.25) is 14.9 Å². The van der Waals surface area contributed by atoms with Gasteiger partial charge in [0.25, 0.3) is 5.69 Å². The van der Waals surface area contributed by atoms with Gasteiger partial charge in [-0.25, -0.2) is 0 Å². The van der Waals surface area contributed by atoms with Crippen LogP contribution in [-0.2, 0) is 9.53 Å². The summed E-state index contributed by atoms with van der Waals surface area (Å²) in [5.41, 5.74) is -0.162. The molecule has 0 radical (unpaired) electrons. The lowest BCUT2D eigenvalue weighted by molar-refractivity contribution is -0.384. The third-order valence-corrected chi connectivity index (χ3v) is 2.49. The Morgan fingerprint density at radius 3 is 2.79 bits per heavy atom. The first-order chi connectivity index (χ1) is 9.11. The number of nitrogens with zero attached hydrogens (tertiary/aromatic N) is 1. The van der Waals surface area contributed by atoms with E-state index >= 15 is 0 Å². The van der Waals surface area contributed by atoms with Gasteiger partial charge in [0.15, 0.2) is 11.5 Å². The fourth-order valence-electron chi connectivity index (χ4n) is 1.59. The number of carbonyl (C=O) groups is 1. The molecule has 1 amide bonds. The van der Waals surface area contributed by atoms with Crippen molar-refractivity contribution in [3.8, 4) is 11.5 Å². The number of methoxy groups -OCH3 is 1. The van der Waals surface area contributed by atoms with E-state index in [1.165, 1.54) is 19.2 Å². The van der Waals surface area contributed by atoms with Gasteiger partial charge in [0.2, 0.25) is 12.7 Å². The number of benzene rings is 1. The van der Waals surface area contributed by atoms with Gasteiger partial charge in [0, 0.05) is 13.2 Å². The first kappa shape index (κ1) is 13.1. The van der Waals surface area contributed by atoms with Gasteiger partial charge in [0.1, 0.15) is 5.69 Å². The number of hydrogen-bond acceptors (Lipinski definition) is 6. The van der Waals surface area contributed by atoms with Crippen molar-refractivity contribution in [3.63, 3.8) is 0 Å². The number of anilines is 1. The zero-order valence-corrected chi connectivity index (χ0v) is 10.2. The molecule has 19 heavy (non-hydrogen) atoms.